The number of nitrogen functional groups attached to an aromatic ring is 1. The lowest BCUT2D eigenvalue weighted by Gasteiger charge is -2.08. The van der Waals surface area contributed by atoms with Gasteiger partial charge in [0.15, 0.2) is 0 Å². The molecule has 0 aromatic heterocycles. The molecule has 0 spiro atoms. The van der Waals surface area contributed by atoms with Crippen LogP contribution in [0.3, 0.4) is 0 Å². The molecular formula is C10H12ClNO3. The average Bonchev–Trinajstić information content (AvgIpc) is 2.21. The Balaban J connectivity index is 3.10. The fraction of sp³-hybridized carbons (Fsp3) is 0.300. The molecule has 0 heterocycles. The zero-order valence-electron chi connectivity index (χ0n) is 8.54. The molecule has 1 rings (SSSR count). The molecule has 0 aliphatic rings. The van der Waals surface area contributed by atoms with E-state index in [2.05, 4.69) is 0 Å². The van der Waals surface area contributed by atoms with Crippen LogP contribution >= 0.6 is 11.6 Å². The molecule has 0 radical (unpaired) electrons. The molecule has 1 aromatic rings. The number of methoxy groups -OCH3 is 1. The minimum absolute atomic E-state index is 0.247. The quantitative estimate of drug-likeness (QED) is 0.637. The topological polar surface area (TPSA) is 61.5 Å². The highest BCUT2D eigenvalue weighted by Gasteiger charge is 2.14. The molecule has 5 heteroatoms. The molecule has 0 fully saturated rings. The fourth-order valence-corrected chi connectivity index (χ4v) is 1.34. The number of rotatable bonds is 3. The lowest BCUT2D eigenvalue weighted by atomic mass is 10.2. The average molecular weight is 230 g/mol. The molecule has 1 aromatic carbocycles. The highest BCUT2D eigenvalue weighted by Crippen LogP contribution is 2.29. The lowest BCUT2D eigenvalue weighted by Crippen LogP contribution is -2.06. The second-order valence-corrected chi connectivity index (χ2v) is 3.20. The van der Waals surface area contributed by atoms with Crippen molar-refractivity contribution in [3.63, 3.8) is 0 Å². The Hall–Kier alpha value is -1.42. The Morgan fingerprint density at radius 2 is 2.20 bits per heavy atom. The van der Waals surface area contributed by atoms with E-state index in [9.17, 15) is 4.79 Å². The number of benzene rings is 1. The maximum absolute atomic E-state index is 11.4. The first-order chi connectivity index (χ1) is 7.10. The van der Waals surface area contributed by atoms with Gasteiger partial charge in [0.1, 0.15) is 5.75 Å². The van der Waals surface area contributed by atoms with Crippen LogP contribution in [0.25, 0.3) is 0 Å². The maximum atomic E-state index is 11.4. The zero-order chi connectivity index (χ0) is 11.4. The van der Waals surface area contributed by atoms with Gasteiger partial charge < -0.3 is 15.2 Å². The number of nitrogens with two attached hydrogens (primary N) is 1. The zero-order valence-corrected chi connectivity index (χ0v) is 9.30. The van der Waals surface area contributed by atoms with Gasteiger partial charge in [-0.25, -0.2) is 4.79 Å². The van der Waals surface area contributed by atoms with E-state index in [4.69, 9.17) is 26.8 Å². The Morgan fingerprint density at radius 3 is 2.73 bits per heavy atom. The van der Waals surface area contributed by atoms with Gasteiger partial charge in [-0.1, -0.05) is 11.6 Å². The summed E-state index contributed by atoms with van der Waals surface area (Å²) < 4.78 is 9.78. The first-order valence-corrected chi connectivity index (χ1v) is 4.78. The number of hydrogen-bond donors (Lipinski definition) is 1. The van der Waals surface area contributed by atoms with E-state index >= 15 is 0 Å². The number of carbonyl (C=O) groups excluding carboxylic acids is 1. The summed E-state index contributed by atoms with van der Waals surface area (Å²) in [5, 5.41) is 0.263. The molecule has 0 saturated heterocycles. The first kappa shape index (κ1) is 11.7. The van der Waals surface area contributed by atoms with Crippen molar-refractivity contribution in [3.05, 3.63) is 22.7 Å². The molecule has 15 heavy (non-hydrogen) atoms. The standard InChI is InChI=1S/C10H12ClNO3/c1-3-15-10(13)6-4-8(12)9(14-2)5-7(6)11/h4-5H,3,12H2,1-2H3. The van der Waals surface area contributed by atoms with Crippen molar-refractivity contribution in [1.29, 1.82) is 0 Å². The second-order valence-electron chi connectivity index (χ2n) is 2.79. The van der Waals surface area contributed by atoms with Gasteiger partial charge in [-0.2, -0.15) is 0 Å². The summed E-state index contributed by atoms with van der Waals surface area (Å²) in [6.45, 7) is 2.01. The summed E-state index contributed by atoms with van der Waals surface area (Å²) in [7, 11) is 1.48. The van der Waals surface area contributed by atoms with E-state index in [1.54, 1.807) is 6.92 Å². The van der Waals surface area contributed by atoms with Crippen molar-refractivity contribution < 1.29 is 14.3 Å². The van der Waals surface area contributed by atoms with Crippen LogP contribution in [0.4, 0.5) is 5.69 Å². The third kappa shape index (κ3) is 2.53. The number of anilines is 1. The summed E-state index contributed by atoms with van der Waals surface area (Å²) in [5.41, 5.74) is 6.24. The number of ether oxygens (including phenoxy) is 2. The van der Waals surface area contributed by atoms with Crippen LogP contribution in [0.1, 0.15) is 17.3 Å². The number of hydrogen-bond acceptors (Lipinski definition) is 4. The van der Waals surface area contributed by atoms with Crippen LogP contribution in [-0.4, -0.2) is 19.7 Å². The predicted octanol–water partition coefficient (Wildman–Crippen LogP) is 2.11. The van der Waals surface area contributed by atoms with E-state index in [-0.39, 0.29) is 10.6 Å². The monoisotopic (exact) mass is 229 g/mol. The van der Waals surface area contributed by atoms with Gasteiger partial charge in [-0.3, -0.25) is 0 Å². The third-order valence-corrected chi connectivity index (χ3v) is 2.13. The molecule has 82 valence electrons. The van der Waals surface area contributed by atoms with Gasteiger partial charge in [0.25, 0.3) is 0 Å². The number of esters is 1. The van der Waals surface area contributed by atoms with Crippen LogP contribution in [0.5, 0.6) is 5.75 Å². The van der Waals surface area contributed by atoms with Crippen molar-refractivity contribution in [3.8, 4) is 5.75 Å². The Bertz CT molecular complexity index is 379. The largest absolute Gasteiger partial charge is 0.495 e. The van der Waals surface area contributed by atoms with Crippen molar-refractivity contribution >= 4 is 23.3 Å². The van der Waals surface area contributed by atoms with Crippen molar-refractivity contribution in [2.75, 3.05) is 19.5 Å². The molecule has 0 atom stereocenters. The Labute approximate surface area is 92.9 Å². The maximum Gasteiger partial charge on any atom is 0.339 e. The molecule has 4 nitrogen and oxygen atoms in total. The van der Waals surface area contributed by atoms with Crippen LogP contribution in [0, 0.1) is 0 Å². The Kier molecular flexibility index (Phi) is 3.80. The van der Waals surface area contributed by atoms with Gasteiger partial charge in [0, 0.05) is 6.07 Å². The molecule has 0 aliphatic heterocycles. The molecule has 2 N–H and O–H groups in total. The van der Waals surface area contributed by atoms with Crippen molar-refractivity contribution in [2.24, 2.45) is 0 Å². The van der Waals surface area contributed by atoms with Gasteiger partial charge >= 0.3 is 5.97 Å². The molecule has 0 bridgehead atoms. The van der Waals surface area contributed by atoms with Crippen LogP contribution in [0.2, 0.25) is 5.02 Å². The number of carbonyl (C=O) groups is 1. The minimum Gasteiger partial charge on any atom is -0.495 e. The molecule has 0 amide bonds. The summed E-state index contributed by atoms with van der Waals surface area (Å²) >= 11 is 5.87. The third-order valence-electron chi connectivity index (χ3n) is 1.81. The Morgan fingerprint density at radius 1 is 1.53 bits per heavy atom. The lowest BCUT2D eigenvalue weighted by molar-refractivity contribution is 0.0526. The van der Waals surface area contributed by atoms with E-state index < -0.39 is 5.97 Å². The van der Waals surface area contributed by atoms with Gasteiger partial charge in [0.2, 0.25) is 0 Å². The van der Waals surface area contributed by atoms with Gasteiger partial charge in [0.05, 0.1) is 30.0 Å². The first-order valence-electron chi connectivity index (χ1n) is 4.40. The van der Waals surface area contributed by atoms with Crippen LogP contribution in [0.15, 0.2) is 12.1 Å². The summed E-state index contributed by atoms with van der Waals surface area (Å²) in [6.07, 6.45) is 0. The van der Waals surface area contributed by atoms with E-state index in [1.165, 1.54) is 19.2 Å². The van der Waals surface area contributed by atoms with Gasteiger partial charge in [-0.05, 0) is 13.0 Å². The smallest absolute Gasteiger partial charge is 0.339 e. The highest BCUT2D eigenvalue weighted by molar-refractivity contribution is 6.33. The highest BCUT2D eigenvalue weighted by atomic mass is 35.5. The SMILES string of the molecule is CCOC(=O)c1cc(N)c(OC)cc1Cl. The second kappa shape index (κ2) is 4.89. The predicted molar refractivity (Wildman–Crippen MR) is 58.4 cm³/mol. The fourth-order valence-electron chi connectivity index (χ4n) is 1.11. The summed E-state index contributed by atoms with van der Waals surface area (Å²) in [4.78, 5) is 11.4. The normalized spacial score (nSPS) is 9.80. The van der Waals surface area contributed by atoms with Crippen molar-refractivity contribution in [1.82, 2.24) is 0 Å². The van der Waals surface area contributed by atoms with E-state index in [0.717, 1.165) is 0 Å². The molecule has 0 aliphatic carbocycles. The van der Waals surface area contributed by atoms with Crippen LogP contribution < -0.4 is 10.5 Å². The molecule has 0 saturated carbocycles. The van der Waals surface area contributed by atoms with E-state index in [1.807, 2.05) is 0 Å². The molecule has 0 unspecified atom stereocenters. The van der Waals surface area contributed by atoms with Crippen molar-refractivity contribution in [2.45, 2.75) is 6.92 Å². The summed E-state index contributed by atoms with van der Waals surface area (Å²) in [6, 6.07) is 2.93. The molecular weight excluding hydrogens is 218 g/mol. The summed E-state index contributed by atoms with van der Waals surface area (Å²) in [5.74, 6) is -0.0510. The van der Waals surface area contributed by atoms with E-state index in [0.29, 0.717) is 18.0 Å². The minimum atomic E-state index is -0.489. The van der Waals surface area contributed by atoms with Crippen LogP contribution in [-0.2, 0) is 4.74 Å². The number of halogens is 1. The van der Waals surface area contributed by atoms with Gasteiger partial charge in [-0.15, -0.1) is 0 Å².